The maximum Gasteiger partial charge on any atom is 0.282 e. The van der Waals surface area contributed by atoms with Gasteiger partial charge in [-0.05, 0) is 48.6 Å². The SMILES string of the molecule is O=C1NC(=S)N(c2ccc(Br)cc2)C(=O)[C@H]1/C=N\N1C(=O)c2ccccc2C1=O. The minimum Gasteiger partial charge on any atom is -0.301 e. The van der Waals surface area contributed by atoms with Gasteiger partial charge in [-0.15, -0.1) is 0 Å². The zero-order valence-electron chi connectivity index (χ0n) is 14.5. The van der Waals surface area contributed by atoms with Crippen molar-refractivity contribution in [1.82, 2.24) is 10.3 Å². The van der Waals surface area contributed by atoms with Gasteiger partial charge in [-0.2, -0.15) is 10.1 Å². The molecule has 2 aliphatic heterocycles. The largest absolute Gasteiger partial charge is 0.301 e. The second kappa shape index (κ2) is 7.30. The second-order valence-electron chi connectivity index (χ2n) is 6.15. The molecule has 4 rings (SSSR count). The smallest absolute Gasteiger partial charge is 0.282 e. The summed E-state index contributed by atoms with van der Waals surface area (Å²) in [6, 6.07) is 13.1. The highest BCUT2D eigenvalue weighted by Crippen LogP contribution is 2.24. The number of nitrogens with one attached hydrogen (secondary N) is 1. The summed E-state index contributed by atoms with van der Waals surface area (Å²) in [5, 5.41) is 6.86. The molecule has 8 nitrogen and oxygen atoms in total. The molecule has 0 aromatic heterocycles. The molecule has 1 fully saturated rings. The maximum absolute atomic E-state index is 12.9. The topological polar surface area (TPSA) is 99.2 Å². The summed E-state index contributed by atoms with van der Waals surface area (Å²) in [6.07, 6.45) is 0.979. The number of hydrogen-bond donors (Lipinski definition) is 1. The number of carbonyl (C=O) groups is 4. The molecule has 1 N–H and O–H groups in total. The Labute approximate surface area is 178 Å². The van der Waals surface area contributed by atoms with Gasteiger partial charge in [-0.3, -0.25) is 24.1 Å². The van der Waals surface area contributed by atoms with Crippen molar-refractivity contribution in [1.29, 1.82) is 0 Å². The van der Waals surface area contributed by atoms with Crippen molar-refractivity contribution in [3.63, 3.8) is 0 Å². The third kappa shape index (κ3) is 3.26. The van der Waals surface area contributed by atoms with Crippen molar-refractivity contribution in [3.05, 3.63) is 64.1 Å². The molecule has 1 saturated heterocycles. The van der Waals surface area contributed by atoms with E-state index in [4.69, 9.17) is 12.2 Å². The van der Waals surface area contributed by atoms with Crippen LogP contribution in [0.15, 0.2) is 58.1 Å². The van der Waals surface area contributed by atoms with Crippen LogP contribution in [0.2, 0.25) is 0 Å². The number of imide groups is 1. The van der Waals surface area contributed by atoms with E-state index in [1.807, 2.05) is 0 Å². The summed E-state index contributed by atoms with van der Waals surface area (Å²) in [5.41, 5.74) is 0.890. The molecule has 0 unspecified atom stereocenters. The van der Waals surface area contributed by atoms with Gasteiger partial charge < -0.3 is 5.32 Å². The monoisotopic (exact) mass is 470 g/mol. The lowest BCUT2D eigenvalue weighted by atomic mass is 10.1. The van der Waals surface area contributed by atoms with Crippen molar-refractivity contribution in [2.24, 2.45) is 11.0 Å². The van der Waals surface area contributed by atoms with Gasteiger partial charge in [0.2, 0.25) is 5.91 Å². The van der Waals surface area contributed by atoms with Crippen LogP contribution >= 0.6 is 28.1 Å². The van der Waals surface area contributed by atoms with Crippen LogP contribution in [0.5, 0.6) is 0 Å². The van der Waals surface area contributed by atoms with Crippen LogP contribution in [-0.2, 0) is 9.59 Å². The van der Waals surface area contributed by atoms with Crippen LogP contribution in [-0.4, -0.2) is 40.0 Å². The van der Waals surface area contributed by atoms with Crippen molar-refractivity contribution in [2.45, 2.75) is 0 Å². The summed E-state index contributed by atoms with van der Waals surface area (Å²) < 4.78 is 0.810. The van der Waals surface area contributed by atoms with Gasteiger partial charge in [-0.1, -0.05) is 28.1 Å². The second-order valence-corrected chi connectivity index (χ2v) is 7.46. The molecule has 0 spiro atoms. The number of amides is 4. The molecule has 1 atom stereocenters. The fourth-order valence-corrected chi connectivity index (χ4v) is 3.53. The first kappa shape index (κ1) is 19.1. The number of benzene rings is 2. The van der Waals surface area contributed by atoms with Crippen LogP contribution < -0.4 is 10.2 Å². The average Bonchev–Trinajstić information content (AvgIpc) is 2.94. The lowest BCUT2D eigenvalue weighted by molar-refractivity contribution is -0.130. The molecule has 2 aliphatic rings. The van der Waals surface area contributed by atoms with Crippen molar-refractivity contribution in [3.8, 4) is 0 Å². The third-order valence-electron chi connectivity index (χ3n) is 4.39. The van der Waals surface area contributed by atoms with E-state index in [0.717, 1.165) is 10.7 Å². The summed E-state index contributed by atoms with van der Waals surface area (Å²) in [6.45, 7) is 0. The van der Waals surface area contributed by atoms with E-state index in [1.54, 1.807) is 36.4 Å². The van der Waals surface area contributed by atoms with Crippen LogP contribution in [0, 0.1) is 5.92 Å². The Kier molecular flexibility index (Phi) is 4.81. The number of hydrogen-bond acceptors (Lipinski definition) is 6. The zero-order chi connectivity index (χ0) is 20.7. The van der Waals surface area contributed by atoms with E-state index in [9.17, 15) is 19.2 Å². The average molecular weight is 471 g/mol. The summed E-state index contributed by atoms with van der Waals surface area (Å²) >= 11 is 8.43. The quantitative estimate of drug-likeness (QED) is 0.320. The molecule has 2 aromatic rings. The molecule has 0 bridgehead atoms. The highest BCUT2D eigenvalue weighted by atomic mass is 79.9. The van der Waals surface area contributed by atoms with E-state index in [1.165, 1.54) is 17.0 Å². The van der Waals surface area contributed by atoms with Crippen LogP contribution in [0.4, 0.5) is 5.69 Å². The Morgan fingerprint density at radius 2 is 1.55 bits per heavy atom. The molecule has 4 amide bonds. The van der Waals surface area contributed by atoms with Crippen LogP contribution in [0.1, 0.15) is 20.7 Å². The van der Waals surface area contributed by atoms with Crippen molar-refractivity contribution < 1.29 is 19.2 Å². The van der Waals surface area contributed by atoms with Gasteiger partial charge >= 0.3 is 0 Å². The molecule has 29 heavy (non-hydrogen) atoms. The Morgan fingerprint density at radius 1 is 0.966 bits per heavy atom. The molecule has 2 aromatic carbocycles. The Hall–Kier alpha value is -3.24. The lowest BCUT2D eigenvalue weighted by Crippen LogP contribution is -2.58. The Balaban J connectivity index is 1.61. The highest BCUT2D eigenvalue weighted by Gasteiger charge is 2.40. The van der Waals surface area contributed by atoms with E-state index in [-0.39, 0.29) is 16.2 Å². The number of rotatable bonds is 3. The van der Waals surface area contributed by atoms with Crippen LogP contribution in [0.25, 0.3) is 0 Å². The van der Waals surface area contributed by atoms with Gasteiger partial charge in [0.25, 0.3) is 17.7 Å². The van der Waals surface area contributed by atoms with Gasteiger partial charge in [0, 0.05) is 10.7 Å². The van der Waals surface area contributed by atoms with Crippen molar-refractivity contribution in [2.75, 3.05) is 4.90 Å². The number of carbonyl (C=O) groups excluding carboxylic acids is 4. The molecule has 0 saturated carbocycles. The zero-order valence-corrected chi connectivity index (χ0v) is 16.9. The fourth-order valence-electron chi connectivity index (χ4n) is 2.97. The summed E-state index contributed by atoms with van der Waals surface area (Å²) in [4.78, 5) is 51.1. The standard InChI is InChI=1S/C19H11BrN4O4S/c20-10-5-7-11(8-6-10)23-16(26)14(15(25)22-19(23)29)9-21-24-17(27)12-3-1-2-4-13(12)18(24)28/h1-9,14H,(H,22,25,29)/b21-9-/t14-/m0/s1. The fraction of sp³-hybridized carbons (Fsp3) is 0.0526. The van der Waals surface area contributed by atoms with Gasteiger partial charge in [0.05, 0.1) is 16.8 Å². The number of halogens is 1. The van der Waals surface area contributed by atoms with Crippen LogP contribution in [0.3, 0.4) is 0 Å². The molecular weight excluding hydrogens is 460 g/mol. The molecule has 2 heterocycles. The minimum atomic E-state index is -1.35. The first-order valence-electron chi connectivity index (χ1n) is 8.35. The summed E-state index contributed by atoms with van der Waals surface area (Å²) in [7, 11) is 0. The van der Waals surface area contributed by atoms with E-state index in [0.29, 0.717) is 10.7 Å². The van der Waals surface area contributed by atoms with Gasteiger partial charge in [-0.25, -0.2) is 0 Å². The predicted octanol–water partition coefficient (Wildman–Crippen LogP) is 2.09. The van der Waals surface area contributed by atoms with E-state index in [2.05, 4.69) is 26.3 Å². The molecule has 0 aliphatic carbocycles. The number of fused-ring (bicyclic) bond motifs is 1. The number of nitrogens with zero attached hydrogens (tertiary/aromatic N) is 3. The highest BCUT2D eigenvalue weighted by molar-refractivity contribution is 9.10. The molecule has 0 radical (unpaired) electrons. The third-order valence-corrected chi connectivity index (χ3v) is 5.20. The molecule has 10 heteroatoms. The van der Waals surface area contributed by atoms with Crippen molar-refractivity contribution >= 4 is 68.8 Å². The lowest BCUT2D eigenvalue weighted by Gasteiger charge is -2.31. The first-order chi connectivity index (χ1) is 13.9. The Bertz CT molecular complexity index is 1080. The molecule has 144 valence electrons. The normalized spacial score (nSPS) is 19.2. The van der Waals surface area contributed by atoms with E-state index >= 15 is 0 Å². The number of hydrazone groups is 1. The number of thiocarbonyl (C=S) groups is 1. The minimum absolute atomic E-state index is 0.0623. The van der Waals surface area contributed by atoms with Gasteiger partial charge in [0.15, 0.2) is 11.0 Å². The van der Waals surface area contributed by atoms with Gasteiger partial charge in [0.1, 0.15) is 0 Å². The first-order valence-corrected chi connectivity index (χ1v) is 9.55. The summed E-state index contributed by atoms with van der Waals surface area (Å²) in [5.74, 6) is -3.92. The molecular formula is C19H11BrN4O4S. The van der Waals surface area contributed by atoms with E-state index < -0.39 is 29.5 Å². The predicted molar refractivity (Wildman–Crippen MR) is 111 cm³/mol. The maximum atomic E-state index is 12.9. The number of anilines is 1. The Morgan fingerprint density at radius 3 is 2.14 bits per heavy atom.